The summed E-state index contributed by atoms with van der Waals surface area (Å²) in [4.78, 5) is 21.6. The molecule has 98 valence electrons. The number of hydrogen-bond donors (Lipinski definition) is 2. The standard InChI is InChI=1S/C11H14FN3O3/c1-2-3-8(13)11(16)14-9-6-7(12)4-5-10(9)15(17)18/h4-6,8H,2-3,13H2,1H3,(H,14,16). The summed E-state index contributed by atoms with van der Waals surface area (Å²) in [7, 11) is 0. The summed E-state index contributed by atoms with van der Waals surface area (Å²) in [5, 5.41) is 13.0. The van der Waals surface area contributed by atoms with Crippen LogP contribution in [0.5, 0.6) is 0 Å². The first-order valence-corrected chi connectivity index (χ1v) is 5.46. The molecule has 1 rings (SSSR count). The first-order valence-electron chi connectivity index (χ1n) is 5.46. The number of nitrogens with one attached hydrogen (secondary N) is 1. The van der Waals surface area contributed by atoms with Crippen LogP contribution in [-0.2, 0) is 4.79 Å². The van der Waals surface area contributed by atoms with Gasteiger partial charge in [-0.2, -0.15) is 0 Å². The third-order valence-corrected chi connectivity index (χ3v) is 2.35. The predicted octanol–water partition coefficient (Wildman–Crippen LogP) is 1.80. The van der Waals surface area contributed by atoms with Crippen molar-refractivity contribution in [3.63, 3.8) is 0 Å². The highest BCUT2D eigenvalue weighted by molar-refractivity contribution is 5.96. The normalized spacial score (nSPS) is 11.9. The van der Waals surface area contributed by atoms with E-state index in [-0.39, 0.29) is 11.4 Å². The highest BCUT2D eigenvalue weighted by Crippen LogP contribution is 2.25. The summed E-state index contributed by atoms with van der Waals surface area (Å²) >= 11 is 0. The molecule has 0 aromatic heterocycles. The Hall–Kier alpha value is -2.02. The molecule has 1 amide bonds. The fourth-order valence-electron chi connectivity index (χ4n) is 1.44. The Morgan fingerprint density at radius 3 is 2.83 bits per heavy atom. The van der Waals surface area contributed by atoms with E-state index in [4.69, 9.17) is 5.73 Å². The Bertz CT molecular complexity index is 465. The molecule has 0 radical (unpaired) electrons. The molecule has 18 heavy (non-hydrogen) atoms. The van der Waals surface area contributed by atoms with Crippen molar-refractivity contribution < 1.29 is 14.1 Å². The number of benzene rings is 1. The van der Waals surface area contributed by atoms with E-state index in [0.717, 1.165) is 18.2 Å². The van der Waals surface area contributed by atoms with Crippen LogP contribution in [0, 0.1) is 15.9 Å². The molecule has 1 aromatic rings. The molecule has 6 nitrogen and oxygen atoms in total. The number of carbonyl (C=O) groups is 1. The summed E-state index contributed by atoms with van der Waals surface area (Å²) in [5.41, 5.74) is 5.01. The van der Waals surface area contributed by atoms with Crippen molar-refractivity contribution in [1.82, 2.24) is 0 Å². The Balaban J connectivity index is 2.92. The van der Waals surface area contributed by atoms with Crippen molar-refractivity contribution in [2.24, 2.45) is 5.73 Å². The maximum atomic E-state index is 13.0. The molecule has 1 aromatic carbocycles. The zero-order valence-electron chi connectivity index (χ0n) is 9.85. The van der Waals surface area contributed by atoms with Crippen LogP contribution in [-0.4, -0.2) is 16.9 Å². The van der Waals surface area contributed by atoms with Crippen LogP contribution in [0.2, 0.25) is 0 Å². The lowest BCUT2D eigenvalue weighted by atomic mass is 10.1. The fraction of sp³-hybridized carbons (Fsp3) is 0.364. The van der Waals surface area contributed by atoms with Crippen molar-refractivity contribution in [3.05, 3.63) is 34.1 Å². The summed E-state index contributed by atoms with van der Waals surface area (Å²) in [5.74, 6) is -1.23. The lowest BCUT2D eigenvalue weighted by molar-refractivity contribution is -0.384. The van der Waals surface area contributed by atoms with Crippen LogP contribution in [0.1, 0.15) is 19.8 Å². The minimum atomic E-state index is -0.766. The Morgan fingerprint density at radius 1 is 1.61 bits per heavy atom. The number of hydrogen-bond acceptors (Lipinski definition) is 4. The third kappa shape index (κ3) is 3.49. The molecule has 0 aliphatic heterocycles. The first kappa shape index (κ1) is 14.0. The van der Waals surface area contributed by atoms with Gasteiger partial charge in [0, 0.05) is 12.1 Å². The lowest BCUT2D eigenvalue weighted by Gasteiger charge is -2.11. The average molecular weight is 255 g/mol. The third-order valence-electron chi connectivity index (χ3n) is 2.35. The number of amides is 1. The van der Waals surface area contributed by atoms with E-state index in [9.17, 15) is 19.3 Å². The molecule has 0 aliphatic rings. The fourth-order valence-corrected chi connectivity index (χ4v) is 1.44. The van der Waals surface area contributed by atoms with E-state index in [2.05, 4.69) is 5.32 Å². The highest BCUT2D eigenvalue weighted by atomic mass is 19.1. The summed E-state index contributed by atoms with van der Waals surface area (Å²) in [6, 6.07) is 2.09. The Kier molecular flexibility index (Phi) is 4.73. The number of nitro benzene ring substituents is 1. The second-order valence-corrected chi connectivity index (χ2v) is 3.80. The molecule has 1 atom stereocenters. The van der Waals surface area contributed by atoms with E-state index in [1.165, 1.54) is 0 Å². The Morgan fingerprint density at radius 2 is 2.28 bits per heavy atom. The van der Waals surface area contributed by atoms with Crippen molar-refractivity contribution in [1.29, 1.82) is 0 Å². The minimum Gasteiger partial charge on any atom is -0.320 e. The molecule has 0 fully saturated rings. The monoisotopic (exact) mass is 255 g/mol. The molecule has 1 unspecified atom stereocenters. The summed E-state index contributed by atoms with van der Waals surface area (Å²) in [6.45, 7) is 1.86. The topological polar surface area (TPSA) is 98.3 Å². The maximum Gasteiger partial charge on any atom is 0.292 e. The average Bonchev–Trinajstić information content (AvgIpc) is 2.28. The van der Waals surface area contributed by atoms with E-state index in [1.54, 1.807) is 0 Å². The number of anilines is 1. The number of nitro groups is 1. The number of halogens is 1. The number of nitrogens with zero attached hydrogens (tertiary/aromatic N) is 1. The van der Waals surface area contributed by atoms with Crippen LogP contribution < -0.4 is 11.1 Å². The minimum absolute atomic E-state index is 0.184. The van der Waals surface area contributed by atoms with Crippen molar-refractivity contribution >= 4 is 17.3 Å². The molecule has 0 heterocycles. The van der Waals surface area contributed by atoms with Gasteiger partial charge in [0.05, 0.1) is 11.0 Å². The molecule has 0 spiro atoms. The molecule has 3 N–H and O–H groups in total. The van der Waals surface area contributed by atoms with Gasteiger partial charge in [-0.3, -0.25) is 14.9 Å². The maximum absolute atomic E-state index is 13.0. The number of carbonyl (C=O) groups excluding carboxylic acids is 1. The van der Waals surface area contributed by atoms with Gasteiger partial charge in [-0.25, -0.2) is 4.39 Å². The van der Waals surface area contributed by atoms with Crippen LogP contribution in [0.3, 0.4) is 0 Å². The molecule has 0 bridgehead atoms. The van der Waals surface area contributed by atoms with Gasteiger partial charge >= 0.3 is 0 Å². The molecule has 0 saturated heterocycles. The van der Waals surface area contributed by atoms with Gasteiger partial charge in [0.25, 0.3) is 5.69 Å². The van der Waals surface area contributed by atoms with Crippen LogP contribution >= 0.6 is 0 Å². The van der Waals surface area contributed by atoms with Gasteiger partial charge in [0.2, 0.25) is 5.91 Å². The SMILES string of the molecule is CCCC(N)C(=O)Nc1cc(F)ccc1[N+](=O)[O-]. The van der Waals surface area contributed by atoms with Crippen LogP contribution in [0.25, 0.3) is 0 Å². The zero-order valence-corrected chi connectivity index (χ0v) is 9.85. The molecule has 0 aliphatic carbocycles. The predicted molar refractivity (Wildman–Crippen MR) is 64.6 cm³/mol. The van der Waals surface area contributed by atoms with Gasteiger partial charge in [0.15, 0.2) is 0 Å². The van der Waals surface area contributed by atoms with Crippen LogP contribution in [0.4, 0.5) is 15.8 Å². The Labute approximate surface area is 103 Å². The van der Waals surface area contributed by atoms with E-state index in [1.807, 2.05) is 6.92 Å². The summed E-state index contributed by atoms with van der Waals surface area (Å²) < 4.78 is 13.0. The van der Waals surface area contributed by atoms with E-state index in [0.29, 0.717) is 12.8 Å². The van der Waals surface area contributed by atoms with Gasteiger partial charge < -0.3 is 11.1 Å². The van der Waals surface area contributed by atoms with Gasteiger partial charge in [-0.05, 0) is 12.5 Å². The molecule has 7 heteroatoms. The van der Waals surface area contributed by atoms with Gasteiger partial charge in [0.1, 0.15) is 11.5 Å². The number of nitrogens with two attached hydrogens (primary N) is 1. The quantitative estimate of drug-likeness (QED) is 0.619. The lowest BCUT2D eigenvalue weighted by Crippen LogP contribution is -2.35. The van der Waals surface area contributed by atoms with E-state index < -0.39 is 22.7 Å². The largest absolute Gasteiger partial charge is 0.320 e. The first-order chi connectivity index (χ1) is 8.45. The van der Waals surface area contributed by atoms with Crippen LogP contribution in [0.15, 0.2) is 18.2 Å². The molecule has 0 saturated carbocycles. The molecular formula is C11H14FN3O3. The number of rotatable bonds is 5. The van der Waals surface area contributed by atoms with Gasteiger partial charge in [-0.1, -0.05) is 13.3 Å². The van der Waals surface area contributed by atoms with Crippen molar-refractivity contribution in [2.45, 2.75) is 25.8 Å². The van der Waals surface area contributed by atoms with Gasteiger partial charge in [-0.15, -0.1) is 0 Å². The second kappa shape index (κ2) is 6.06. The van der Waals surface area contributed by atoms with E-state index >= 15 is 0 Å². The highest BCUT2D eigenvalue weighted by Gasteiger charge is 2.19. The van der Waals surface area contributed by atoms with Crippen molar-refractivity contribution in [2.75, 3.05) is 5.32 Å². The zero-order chi connectivity index (χ0) is 13.7. The second-order valence-electron chi connectivity index (χ2n) is 3.80. The molecular weight excluding hydrogens is 241 g/mol. The summed E-state index contributed by atoms with van der Waals surface area (Å²) in [6.07, 6.45) is 1.16. The van der Waals surface area contributed by atoms with Crippen molar-refractivity contribution in [3.8, 4) is 0 Å². The smallest absolute Gasteiger partial charge is 0.292 e.